The lowest BCUT2D eigenvalue weighted by atomic mass is 9.86. The molecule has 1 aliphatic carbocycles. The lowest BCUT2D eigenvalue weighted by Crippen LogP contribution is -2.44. The fraction of sp³-hybridized carbons (Fsp3) is 0.652. The molecule has 0 unspecified atom stereocenters. The van der Waals surface area contributed by atoms with E-state index in [2.05, 4.69) is 12.2 Å². The van der Waals surface area contributed by atoms with E-state index in [1.54, 1.807) is 23.1 Å². The van der Waals surface area contributed by atoms with Crippen LogP contribution in [0.25, 0.3) is 0 Å². The zero-order valence-electron chi connectivity index (χ0n) is 18.1. The number of phenols is 1. The number of aromatic hydroxyl groups is 1. The fourth-order valence-corrected chi connectivity index (χ4v) is 4.36. The first-order chi connectivity index (χ1) is 14.5. The van der Waals surface area contributed by atoms with Gasteiger partial charge in [-0.1, -0.05) is 19.4 Å². The molecule has 0 bridgehead atoms. The third-order valence-corrected chi connectivity index (χ3v) is 6.47. The maximum atomic E-state index is 12.5. The van der Waals surface area contributed by atoms with Crippen LogP contribution in [0.2, 0.25) is 0 Å². The monoisotopic (exact) mass is 418 g/mol. The maximum Gasteiger partial charge on any atom is 0.410 e. The summed E-state index contributed by atoms with van der Waals surface area (Å²) < 4.78 is 10.8. The summed E-state index contributed by atoms with van der Waals surface area (Å²) in [5.74, 6) is 1.12. The normalized spacial score (nSPS) is 22.4. The summed E-state index contributed by atoms with van der Waals surface area (Å²) >= 11 is 0. The summed E-state index contributed by atoms with van der Waals surface area (Å²) in [6.45, 7) is 3.69. The van der Waals surface area contributed by atoms with E-state index >= 15 is 0 Å². The maximum absolute atomic E-state index is 12.5. The number of carbonyl (C=O) groups excluding carboxylic acids is 2. The SMILES string of the molecule is CCC1CCC(OC(=O)N2CCC(C(=O)NCc3ccc(O)c(OC)c3)CC2)CC1. The summed E-state index contributed by atoms with van der Waals surface area (Å²) in [5, 5.41) is 12.6. The number of rotatable bonds is 6. The number of phenolic OH excluding ortho intramolecular Hbond substituents is 1. The predicted octanol–water partition coefficient (Wildman–Crippen LogP) is 3.83. The van der Waals surface area contributed by atoms with Gasteiger partial charge in [0, 0.05) is 25.6 Å². The molecule has 0 spiro atoms. The van der Waals surface area contributed by atoms with E-state index < -0.39 is 0 Å². The van der Waals surface area contributed by atoms with Crippen molar-refractivity contribution in [1.82, 2.24) is 10.2 Å². The quantitative estimate of drug-likeness (QED) is 0.733. The molecule has 2 amide bonds. The van der Waals surface area contributed by atoms with Crippen molar-refractivity contribution in [1.29, 1.82) is 0 Å². The molecule has 0 radical (unpaired) electrons. The first-order valence-electron chi connectivity index (χ1n) is 11.1. The number of carbonyl (C=O) groups is 2. The number of methoxy groups -OCH3 is 1. The Balaban J connectivity index is 1.39. The molecule has 1 aliphatic heterocycles. The number of benzene rings is 1. The van der Waals surface area contributed by atoms with E-state index in [0.717, 1.165) is 37.2 Å². The van der Waals surface area contributed by atoms with Crippen LogP contribution in [0, 0.1) is 11.8 Å². The number of amides is 2. The van der Waals surface area contributed by atoms with Crippen LogP contribution in [0.15, 0.2) is 18.2 Å². The Bertz CT molecular complexity index is 722. The molecule has 30 heavy (non-hydrogen) atoms. The van der Waals surface area contributed by atoms with E-state index in [0.29, 0.717) is 38.2 Å². The van der Waals surface area contributed by atoms with Crippen molar-refractivity contribution in [2.45, 2.75) is 64.5 Å². The van der Waals surface area contributed by atoms with Gasteiger partial charge in [0.25, 0.3) is 0 Å². The molecule has 1 heterocycles. The van der Waals surface area contributed by atoms with Crippen LogP contribution in [-0.2, 0) is 16.1 Å². The minimum atomic E-state index is -0.231. The van der Waals surface area contributed by atoms with E-state index in [4.69, 9.17) is 9.47 Å². The lowest BCUT2D eigenvalue weighted by molar-refractivity contribution is -0.126. The van der Waals surface area contributed by atoms with Crippen LogP contribution in [0.3, 0.4) is 0 Å². The number of hydrogen-bond donors (Lipinski definition) is 2. The molecule has 2 fully saturated rings. The molecule has 2 N–H and O–H groups in total. The molecule has 3 rings (SSSR count). The minimum Gasteiger partial charge on any atom is -0.504 e. The first kappa shape index (κ1) is 22.2. The molecule has 0 atom stereocenters. The molecule has 0 aromatic heterocycles. The third-order valence-electron chi connectivity index (χ3n) is 6.47. The van der Waals surface area contributed by atoms with Crippen LogP contribution < -0.4 is 10.1 Å². The summed E-state index contributed by atoms with van der Waals surface area (Å²) in [7, 11) is 1.49. The highest BCUT2D eigenvalue weighted by Crippen LogP contribution is 2.29. The highest BCUT2D eigenvalue weighted by atomic mass is 16.6. The minimum absolute atomic E-state index is 0.00653. The van der Waals surface area contributed by atoms with Crippen molar-refractivity contribution >= 4 is 12.0 Å². The Kier molecular flexibility index (Phi) is 7.82. The van der Waals surface area contributed by atoms with Gasteiger partial charge in [-0.05, 0) is 62.1 Å². The van der Waals surface area contributed by atoms with Crippen LogP contribution >= 0.6 is 0 Å². The van der Waals surface area contributed by atoms with Gasteiger partial charge < -0.3 is 24.8 Å². The molecule has 7 nitrogen and oxygen atoms in total. The number of ether oxygens (including phenoxy) is 2. The van der Waals surface area contributed by atoms with E-state index in [1.807, 2.05) is 0 Å². The van der Waals surface area contributed by atoms with Crippen LogP contribution in [0.4, 0.5) is 4.79 Å². The van der Waals surface area contributed by atoms with Crippen LogP contribution in [0.5, 0.6) is 11.5 Å². The molecule has 1 saturated carbocycles. The molecule has 1 saturated heterocycles. The van der Waals surface area contributed by atoms with Gasteiger partial charge in [0.1, 0.15) is 6.10 Å². The van der Waals surface area contributed by atoms with Gasteiger partial charge in [0.05, 0.1) is 7.11 Å². The van der Waals surface area contributed by atoms with Crippen molar-refractivity contribution in [3.05, 3.63) is 23.8 Å². The van der Waals surface area contributed by atoms with Gasteiger partial charge in [-0.3, -0.25) is 4.79 Å². The number of piperidine rings is 1. The molecular formula is C23H34N2O5. The molecule has 2 aliphatic rings. The third kappa shape index (κ3) is 5.80. The Labute approximate surface area is 178 Å². The van der Waals surface area contributed by atoms with Crippen molar-refractivity contribution in [2.24, 2.45) is 11.8 Å². The van der Waals surface area contributed by atoms with Crippen molar-refractivity contribution in [3.8, 4) is 11.5 Å². The zero-order chi connectivity index (χ0) is 21.5. The second-order valence-electron chi connectivity index (χ2n) is 8.42. The molecule has 166 valence electrons. The summed E-state index contributed by atoms with van der Waals surface area (Å²) in [6.07, 6.45) is 6.51. The van der Waals surface area contributed by atoms with E-state index in [1.165, 1.54) is 13.5 Å². The average molecular weight is 419 g/mol. The van der Waals surface area contributed by atoms with E-state index in [-0.39, 0.29) is 29.8 Å². The highest BCUT2D eigenvalue weighted by Gasteiger charge is 2.30. The van der Waals surface area contributed by atoms with E-state index in [9.17, 15) is 14.7 Å². The average Bonchev–Trinajstić information content (AvgIpc) is 2.78. The lowest BCUT2D eigenvalue weighted by Gasteiger charge is -2.33. The van der Waals surface area contributed by atoms with Crippen LogP contribution in [0.1, 0.15) is 57.4 Å². The van der Waals surface area contributed by atoms with Gasteiger partial charge in [-0.2, -0.15) is 0 Å². The Morgan fingerprint density at radius 2 is 1.83 bits per heavy atom. The number of nitrogens with zero attached hydrogens (tertiary/aromatic N) is 1. The Morgan fingerprint density at radius 1 is 1.13 bits per heavy atom. The topological polar surface area (TPSA) is 88.1 Å². The molecular weight excluding hydrogens is 384 g/mol. The summed E-state index contributed by atoms with van der Waals surface area (Å²) in [6, 6.07) is 5.02. The second-order valence-corrected chi connectivity index (χ2v) is 8.42. The van der Waals surface area contributed by atoms with Gasteiger partial charge >= 0.3 is 6.09 Å². The van der Waals surface area contributed by atoms with Crippen molar-refractivity contribution in [2.75, 3.05) is 20.2 Å². The smallest absolute Gasteiger partial charge is 0.410 e. The number of likely N-dealkylation sites (tertiary alicyclic amines) is 1. The zero-order valence-corrected chi connectivity index (χ0v) is 18.1. The summed E-state index contributed by atoms with van der Waals surface area (Å²) in [4.78, 5) is 26.7. The van der Waals surface area contributed by atoms with Crippen molar-refractivity contribution in [3.63, 3.8) is 0 Å². The van der Waals surface area contributed by atoms with Gasteiger partial charge in [0.2, 0.25) is 5.91 Å². The summed E-state index contributed by atoms with van der Waals surface area (Å²) in [5.41, 5.74) is 0.858. The predicted molar refractivity (Wildman–Crippen MR) is 113 cm³/mol. The van der Waals surface area contributed by atoms with Gasteiger partial charge in [0.15, 0.2) is 11.5 Å². The fourth-order valence-electron chi connectivity index (χ4n) is 4.36. The van der Waals surface area contributed by atoms with Crippen molar-refractivity contribution < 1.29 is 24.2 Å². The standard InChI is InChI=1S/C23H34N2O5/c1-3-16-4-7-19(8-5-16)30-23(28)25-12-10-18(11-13-25)22(27)24-15-17-6-9-20(26)21(14-17)29-2/h6,9,14,16,18-19,26H,3-5,7-8,10-13,15H2,1-2H3,(H,24,27). The number of nitrogens with one attached hydrogen (secondary N) is 1. The Morgan fingerprint density at radius 3 is 2.47 bits per heavy atom. The number of hydrogen-bond acceptors (Lipinski definition) is 5. The van der Waals surface area contributed by atoms with Gasteiger partial charge in [-0.15, -0.1) is 0 Å². The molecule has 1 aromatic carbocycles. The van der Waals surface area contributed by atoms with Gasteiger partial charge in [-0.25, -0.2) is 4.79 Å². The largest absolute Gasteiger partial charge is 0.504 e. The van der Waals surface area contributed by atoms with Crippen LogP contribution in [-0.4, -0.2) is 48.3 Å². The second kappa shape index (κ2) is 10.5. The molecule has 7 heteroatoms. The molecule has 1 aromatic rings. The highest BCUT2D eigenvalue weighted by molar-refractivity contribution is 5.79. The Hall–Kier alpha value is -2.44. The first-order valence-corrected chi connectivity index (χ1v) is 11.1.